The molecular formula is C15H17BrN2O. The van der Waals surface area contributed by atoms with E-state index in [1.165, 1.54) is 0 Å². The van der Waals surface area contributed by atoms with Crippen molar-refractivity contribution >= 4 is 15.9 Å². The van der Waals surface area contributed by atoms with Crippen molar-refractivity contribution in [3.05, 3.63) is 58.3 Å². The molecule has 0 bridgehead atoms. The number of rotatable bonds is 5. The van der Waals surface area contributed by atoms with Crippen molar-refractivity contribution in [1.82, 2.24) is 10.3 Å². The van der Waals surface area contributed by atoms with Crippen molar-refractivity contribution in [1.29, 1.82) is 0 Å². The minimum atomic E-state index is 0.165. The van der Waals surface area contributed by atoms with Crippen LogP contribution in [0.1, 0.15) is 17.2 Å². The fraction of sp³-hybridized carbons (Fsp3) is 0.267. The average molecular weight is 321 g/mol. The summed E-state index contributed by atoms with van der Waals surface area (Å²) in [7, 11) is 3.64. The van der Waals surface area contributed by atoms with E-state index in [2.05, 4.69) is 32.3 Å². The van der Waals surface area contributed by atoms with Gasteiger partial charge >= 0.3 is 0 Å². The van der Waals surface area contributed by atoms with Gasteiger partial charge < -0.3 is 10.1 Å². The highest BCUT2D eigenvalue weighted by molar-refractivity contribution is 9.10. The summed E-state index contributed by atoms with van der Waals surface area (Å²) in [4.78, 5) is 4.47. The lowest BCUT2D eigenvalue weighted by Crippen LogP contribution is -2.19. The van der Waals surface area contributed by atoms with Gasteiger partial charge in [-0.25, -0.2) is 0 Å². The standard InChI is InChI=1S/C15H17BrN2O/c1-17-10-13(14-5-3-4-8-18-14)12-9-11(16)6-7-15(12)19-2/h3-9,13,17H,10H2,1-2H3. The number of aromatic nitrogens is 1. The number of halogens is 1. The molecule has 19 heavy (non-hydrogen) atoms. The fourth-order valence-electron chi connectivity index (χ4n) is 2.14. The van der Waals surface area contributed by atoms with Gasteiger partial charge in [-0.05, 0) is 37.4 Å². The van der Waals surface area contributed by atoms with E-state index >= 15 is 0 Å². The predicted molar refractivity (Wildman–Crippen MR) is 80.7 cm³/mol. The normalized spacial score (nSPS) is 12.2. The van der Waals surface area contributed by atoms with Gasteiger partial charge in [0.25, 0.3) is 0 Å². The average Bonchev–Trinajstić information content (AvgIpc) is 2.45. The Bertz CT molecular complexity index is 531. The molecule has 2 aromatic rings. The molecule has 2 rings (SSSR count). The highest BCUT2D eigenvalue weighted by atomic mass is 79.9. The number of likely N-dealkylation sites (N-methyl/N-ethyl adjacent to an activating group) is 1. The van der Waals surface area contributed by atoms with Crippen LogP contribution in [0.4, 0.5) is 0 Å². The minimum Gasteiger partial charge on any atom is -0.496 e. The van der Waals surface area contributed by atoms with Crippen LogP contribution in [0.3, 0.4) is 0 Å². The number of methoxy groups -OCH3 is 1. The third-order valence-corrected chi connectivity index (χ3v) is 3.51. The van der Waals surface area contributed by atoms with Crippen molar-refractivity contribution < 1.29 is 4.74 Å². The number of benzene rings is 1. The molecular weight excluding hydrogens is 304 g/mol. The molecule has 0 aliphatic carbocycles. The van der Waals surface area contributed by atoms with Crippen LogP contribution >= 0.6 is 15.9 Å². The van der Waals surface area contributed by atoms with Crippen LogP contribution in [-0.2, 0) is 0 Å². The van der Waals surface area contributed by atoms with Crippen LogP contribution in [0, 0.1) is 0 Å². The molecule has 0 amide bonds. The highest BCUT2D eigenvalue weighted by Gasteiger charge is 2.19. The van der Waals surface area contributed by atoms with Crippen LogP contribution in [0.2, 0.25) is 0 Å². The topological polar surface area (TPSA) is 34.2 Å². The van der Waals surface area contributed by atoms with Gasteiger partial charge in [-0.2, -0.15) is 0 Å². The van der Waals surface area contributed by atoms with Crippen LogP contribution < -0.4 is 10.1 Å². The Hall–Kier alpha value is -1.39. The van der Waals surface area contributed by atoms with E-state index < -0.39 is 0 Å². The zero-order valence-electron chi connectivity index (χ0n) is 11.1. The van der Waals surface area contributed by atoms with Crippen LogP contribution in [0.25, 0.3) is 0 Å². The highest BCUT2D eigenvalue weighted by Crippen LogP contribution is 2.32. The quantitative estimate of drug-likeness (QED) is 0.918. The molecule has 0 fully saturated rings. The van der Waals surface area contributed by atoms with Crippen molar-refractivity contribution in [2.45, 2.75) is 5.92 Å². The van der Waals surface area contributed by atoms with E-state index in [-0.39, 0.29) is 5.92 Å². The molecule has 1 aromatic carbocycles. The predicted octanol–water partition coefficient (Wildman–Crippen LogP) is 3.20. The zero-order valence-corrected chi connectivity index (χ0v) is 12.6. The molecule has 100 valence electrons. The summed E-state index contributed by atoms with van der Waals surface area (Å²) in [5.41, 5.74) is 2.16. The molecule has 0 aliphatic heterocycles. The maximum absolute atomic E-state index is 5.47. The number of hydrogen-bond acceptors (Lipinski definition) is 3. The molecule has 0 saturated heterocycles. The first-order valence-corrected chi connectivity index (χ1v) is 6.94. The Labute approximate surface area is 122 Å². The lowest BCUT2D eigenvalue weighted by Gasteiger charge is -2.19. The van der Waals surface area contributed by atoms with Gasteiger partial charge in [0.2, 0.25) is 0 Å². The lowest BCUT2D eigenvalue weighted by atomic mass is 9.94. The fourth-order valence-corrected chi connectivity index (χ4v) is 2.52. The molecule has 1 unspecified atom stereocenters. The Kier molecular flexibility index (Phi) is 4.93. The number of nitrogens with one attached hydrogen (secondary N) is 1. The van der Waals surface area contributed by atoms with E-state index in [0.29, 0.717) is 0 Å². The Morgan fingerprint density at radius 3 is 2.79 bits per heavy atom. The third kappa shape index (κ3) is 3.33. The van der Waals surface area contributed by atoms with Gasteiger partial charge in [0, 0.05) is 34.4 Å². The second kappa shape index (κ2) is 6.68. The Balaban J connectivity index is 2.47. The second-order valence-electron chi connectivity index (χ2n) is 4.25. The summed E-state index contributed by atoms with van der Waals surface area (Å²) in [6, 6.07) is 12.0. The Morgan fingerprint density at radius 2 is 2.16 bits per heavy atom. The van der Waals surface area contributed by atoms with Crippen molar-refractivity contribution in [2.75, 3.05) is 20.7 Å². The minimum absolute atomic E-state index is 0.165. The van der Waals surface area contributed by atoms with E-state index in [0.717, 1.165) is 28.0 Å². The molecule has 1 N–H and O–H groups in total. The summed E-state index contributed by atoms with van der Waals surface area (Å²) in [5.74, 6) is 1.05. The molecule has 0 aliphatic rings. The molecule has 1 aromatic heterocycles. The smallest absolute Gasteiger partial charge is 0.122 e. The maximum atomic E-state index is 5.47. The monoisotopic (exact) mass is 320 g/mol. The lowest BCUT2D eigenvalue weighted by molar-refractivity contribution is 0.406. The molecule has 3 nitrogen and oxygen atoms in total. The molecule has 0 radical (unpaired) electrons. The van der Waals surface area contributed by atoms with Crippen LogP contribution in [0.5, 0.6) is 5.75 Å². The first-order valence-electron chi connectivity index (χ1n) is 6.15. The largest absolute Gasteiger partial charge is 0.496 e. The van der Waals surface area contributed by atoms with Crippen LogP contribution in [-0.4, -0.2) is 25.7 Å². The molecule has 0 saturated carbocycles. The summed E-state index contributed by atoms with van der Waals surface area (Å²) in [5, 5.41) is 3.22. The van der Waals surface area contributed by atoms with E-state index in [1.807, 2.05) is 43.6 Å². The van der Waals surface area contributed by atoms with Crippen molar-refractivity contribution in [2.24, 2.45) is 0 Å². The first-order chi connectivity index (χ1) is 9.26. The van der Waals surface area contributed by atoms with E-state index in [4.69, 9.17) is 4.74 Å². The van der Waals surface area contributed by atoms with Crippen molar-refractivity contribution in [3.8, 4) is 5.75 Å². The SMILES string of the molecule is CNCC(c1ccccn1)c1cc(Br)ccc1OC. The summed E-state index contributed by atoms with van der Waals surface area (Å²) in [6.07, 6.45) is 1.82. The molecule has 4 heteroatoms. The second-order valence-corrected chi connectivity index (χ2v) is 5.17. The van der Waals surface area contributed by atoms with Gasteiger partial charge in [-0.15, -0.1) is 0 Å². The van der Waals surface area contributed by atoms with E-state index in [9.17, 15) is 0 Å². The summed E-state index contributed by atoms with van der Waals surface area (Å²) in [6.45, 7) is 0.809. The number of ether oxygens (including phenoxy) is 1. The van der Waals surface area contributed by atoms with Gasteiger partial charge in [-0.1, -0.05) is 22.0 Å². The number of hydrogen-bond donors (Lipinski definition) is 1. The first kappa shape index (κ1) is 14.0. The van der Waals surface area contributed by atoms with Gasteiger partial charge in [-0.3, -0.25) is 4.98 Å². The molecule has 1 atom stereocenters. The number of pyridine rings is 1. The molecule has 0 spiro atoms. The molecule has 1 heterocycles. The number of nitrogens with zero attached hydrogens (tertiary/aromatic N) is 1. The van der Waals surface area contributed by atoms with Gasteiger partial charge in [0.05, 0.1) is 7.11 Å². The zero-order chi connectivity index (χ0) is 13.7. The maximum Gasteiger partial charge on any atom is 0.122 e. The Morgan fingerprint density at radius 1 is 1.32 bits per heavy atom. The third-order valence-electron chi connectivity index (χ3n) is 3.02. The van der Waals surface area contributed by atoms with E-state index in [1.54, 1.807) is 7.11 Å². The van der Waals surface area contributed by atoms with Gasteiger partial charge in [0.15, 0.2) is 0 Å². The summed E-state index contributed by atoms with van der Waals surface area (Å²) >= 11 is 3.52. The van der Waals surface area contributed by atoms with Gasteiger partial charge in [0.1, 0.15) is 5.75 Å². The van der Waals surface area contributed by atoms with Crippen LogP contribution in [0.15, 0.2) is 47.1 Å². The van der Waals surface area contributed by atoms with Crippen molar-refractivity contribution in [3.63, 3.8) is 0 Å². The summed E-state index contributed by atoms with van der Waals surface area (Å²) < 4.78 is 6.51.